The van der Waals surface area contributed by atoms with E-state index in [0.29, 0.717) is 5.65 Å². The highest BCUT2D eigenvalue weighted by Crippen LogP contribution is 2.16. The zero-order valence-corrected chi connectivity index (χ0v) is 9.82. The monoisotopic (exact) mass is 229 g/mol. The zero-order valence-electron chi connectivity index (χ0n) is 9.82. The largest absolute Gasteiger partial charge is 0.372 e. The minimum Gasteiger partial charge on any atom is -0.372 e. The summed E-state index contributed by atoms with van der Waals surface area (Å²) in [5.74, 6) is 1.12. The summed E-state index contributed by atoms with van der Waals surface area (Å²) in [4.78, 5) is 11.2. The van der Waals surface area contributed by atoms with Crippen molar-refractivity contribution >= 4 is 16.9 Å². The Kier molecular flexibility index (Phi) is 3.55. The van der Waals surface area contributed by atoms with Crippen molar-refractivity contribution in [3.8, 4) is 6.07 Å². The van der Waals surface area contributed by atoms with Gasteiger partial charge in [0.25, 0.3) is 0 Å². The number of rotatable bonds is 5. The van der Waals surface area contributed by atoms with E-state index in [1.165, 1.54) is 12.8 Å². The van der Waals surface area contributed by atoms with Gasteiger partial charge in [-0.1, -0.05) is 19.8 Å². The maximum atomic E-state index is 8.70. The van der Waals surface area contributed by atoms with Crippen LogP contribution in [0.15, 0.2) is 12.3 Å². The molecule has 0 unspecified atom stereocenters. The predicted octanol–water partition coefficient (Wildman–Crippen LogP) is 2.43. The quantitative estimate of drug-likeness (QED) is 0.772. The lowest BCUT2D eigenvalue weighted by Gasteiger charge is -2.01. The van der Waals surface area contributed by atoms with E-state index >= 15 is 0 Å². The van der Waals surface area contributed by atoms with Crippen molar-refractivity contribution in [2.75, 3.05) is 11.9 Å². The van der Waals surface area contributed by atoms with Crippen LogP contribution in [0.3, 0.4) is 0 Å². The molecule has 0 radical (unpaired) electrons. The number of hydrogen-bond donors (Lipinski definition) is 2. The van der Waals surface area contributed by atoms with Crippen LogP contribution in [-0.4, -0.2) is 21.5 Å². The molecule has 0 fully saturated rings. The molecule has 0 aliphatic heterocycles. The minimum atomic E-state index is 0.192. The summed E-state index contributed by atoms with van der Waals surface area (Å²) < 4.78 is 0. The molecule has 2 aromatic heterocycles. The molecule has 0 bridgehead atoms. The molecule has 0 spiro atoms. The summed E-state index contributed by atoms with van der Waals surface area (Å²) in [6.45, 7) is 3.13. The Bertz CT molecular complexity index is 537. The first-order chi connectivity index (χ1) is 8.33. The third-order valence-corrected chi connectivity index (χ3v) is 2.57. The number of fused-ring (bicyclic) bond motifs is 1. The van der Waals surface area contributed by atoms with Crippen molar-refractivity contribution in [2.24, 2.45) is 0 Å². The summed E-state index contributed by atoms with van der Waals surface area (Å²) in [6, 6.07) is 3.89. The van der Waals surface area contributed by atoms with Gasteiger partial charge in [0.05, 0.1) is 0 Å². The molecule has 2 heterocycles. The average Bonchev–Trinajstić information content (AvgIpc) is 2.76. The van der Waals surface area contributed by atoms with Crippen LogP contribution >= 0.6 is 0 Å². The molecule has 5 nitrogen and oxygen atoms in total. The van der Waals surface area contributed by atoms with Gasteiger partial charge >= 0.3 is 0 Å². The first kappa shape index (κ1) is 11.4. The Hall–Kier alpha value is -2.09. The van der Waals surface area contributed by atoms with Crippen LogP contribution in [-0.2, 0) is 0 Å². The smallest absolute Gasteiger partial charge is 0.234 e. The normalized spacial score (nSPS) is 10.4. The third kappa shape index (κ3) is 2.72. The summed E-state index contributed by atoms with van der Waals surface area (Å²) in [5.41, 5.74) is 0.703. The third-order valence-electron chi connectivity index (χ3n) is 2.57. The van der Waals surface area contributed by atoms with Gasteiger partial charge in [0, 0.05) is 18.1 Å². The first-order valence-corrected chi connectivity index (χ1v) is 5.83. The lowest BCUT2D eigenvalue weighted by atomic mass is 10.2. The van der Waals surface area contributed by atoms with Crippen molar-refractivity contribution < 1.29 is 0 Å². The maximum Gasteiger partial charge on any atom is 0.234 e. The summed E-state index contributed by atoms with van der Waals surface area (Å²) in [6.07, 6.45) is 5.26. The molecule has 0 saturated carbocycles. The van der Waals surface area contributed by atoms with Gasteiger partial charge in [-0.05, 0) is 12.5 Å². The van der Waals surface area contributed by atoms with Crippen LogP contribution in [0, 0.1) is 11.3 Å². The first-order valence-electron chi connectivity index (χ1n) is 5.83. The highest BCUT2D eigenvalue weighted by Gasteiger charge is 2.03. The van der Waals surface area contributed by atoms with Gasteiger partial charge in [-0.25, -0.2) is 9.97 Å². The van der Waals surface area contributed by atoms with E-state index in [4.69, 9.17) is 5.26 Å². The lowest BCUT2D eigenvalue weighted by molar-refractivity contribution is 0.743. The van der Waals surface area contributed by atoms with E-state index in [2.05, 4.69) is 27.2 Å². The van der Waals surface area contributed by atoms with Gasteiger partial charge in [-0.2, -0.15) is 5.26 Å². The maximum absolute atomic E-state index is 8.70. The number of anilines is 1. The van der Waals surface area contributed by atoms with E-state index in [1.807, 2.05) is 12.1 Å². The summed E-state index contributed by atoms with van der Waals surface area (Å²) >= 11 is 0. The fourth-order valence-corrected chi connectivity index (χ4v) is 1.66. The van der Waals surface area contributed by atoms with Gasteiger partial charge in [0.15, 0.2) is 0 Å². The second-order valence-corrected chi connectivity index (χ2v) is 3.93. The molecule has 88 valence electrons. The SMILES string of the molecule is CCCCCNc1cc2cnc(C#N)nc2[nH]1. The predicted molar refractivity (Wildman–Crippen MR) is 66.6 cm³/mol. The molecule has 2 rings (SSSR count). The number of H-pyrrole nitrogens is 1. The summed E-state index contributed by atoms with van der Waals surface area (Å²) in [5, 5.41) is 12.9. The number of aromatic amines is 1. The van der Waals surface area contributed by atoms with Gasteiger partial charge in [0.2, 0.25) is 5.82 Å². The lowest BCUT2D eigenvalue weighted by Crippen LogP contribution is -2.01. The van der Waals surface area contributed by atoms with Gasteiger partial charge in [0.1, 0.15) is 17.5 Å². The number of nitrogens with one attached hydrogen (secondary N) is 2. The summed E-state index contributed by atoms with van der Waals surface area (Å²) in [7, 11) is 0. The van der Waals surface area contributed by atoms with E-state index in [9.17, 15) is 0 Å². The highest BCUT2D eigenvalue weighted by atomic mass is 15.0. The fraction of sp³-hybridized carbons (Fsp3) is 0.417. The molecule has 0 aliphatic carbocycles. The van der Waals surface area contributed by atoms with Crippen LogP contribution < -0.4 is 5.32 Å². The van der Waals surface area contributed by atoms with Crippen LogP contribution in [0.5, 0.6) is 0 Å². The van der Waals surface area contributed by atoms with E-state index in [0.717, 1.165) is 24.2 Å². The molecule has 17 heavy (non-hydrogen) atoms. The van der Waals surface area contributed by atoms with Gasteiger partial charge < -0.3 is 10.3 Å². The number of nitriles is 1. The Morgan fingerprint density at radius 1 is 1.47 bits per heavy atom. The molecule has 5 heteroatoms. The standard InChI is InChI=1S/C12H15N5/c1-2-3-4-5-14-10-6-9-8-15-11(7-13)17-12(9)16-10/h6,8,14H,2-5H2,1H3,(H,15,16,17). The molecule has 0 amide bonds. The van der Waals surface area contributed by atoms with Crippen LogP contribution in [0.2, 0.25) is 0 Å². The fourth-order valence-electron chi connectivity index (χ4n) is 1.66. The molecule has 0 aromatic carbocycles. The number of unbranched alkanes of at least 4 members (excludes halogenated alkanes) is 2. The average molecular weight is 229 g/mol. The van der Waals surface area contributed by atoms with Crippen LogP contribution in [0.25, 0.3) is 11.0 Å². The van der Waals surface area contributed by atoms with Crippen LogP contribution in [0.4, 0.5) is 5.82 Å². The number of nitrogens with zero attached hydrogens (tertiary/aromatic N) is 3. The molecular weight excluding hydrogens is 214 g/mol. The molecule has 2 N–H and O–H groups in total. The molecule has 0 atom stereocenters. The van der Waals surface area contributed by atoms with Crippen molar-refractivity contribution in [2.45, 2.75) is 26.2 Å². The van der Waals surface area contributed by atoms with E-state index < -0.39 is 0 Å². The van der Waals surface area contributed by atoms with E-state index in [1.54, 1.807) is 6.20 Å². The van der Waals surface area contributed by atoms with Gasteiger partial charge in [-0.3, -0.25) is 0 Å². The van der Waals surface area contributed by atoms with Crippen molar-refractivity contribution in [3.05, 3.63) is 18.1 Å². The minimum absolute atomic E-state index is 0.192. The van der Waals surface area contributed by atoms with Crippen molar-refractivity contribution in [1.29, 1.82) is 5.26 Å². The molecular formula is C12H15N5. The molecule has 2 aromatic rings. The molecule has 0 aliphatic rings. The molecule has 0 saturated heterocycles. The van der Waals surface area contributed by atoms with Gasteiger partial charge in [-0.15, -0.1) is 0 Å². The Morgan fingerprint density at radius 2 is 2.35 bits per heavy atom. The zero-order chi connectivity index (χ0) is 12.1. The van der Waals surface area contributed by atoms with Crippen molar-refractivity contribution in [1.82, 2.24) is 15.0 Å². The highest BCUT2D eigenvalue weighted by molar-refractivity contribution is 5.79. The second-order valence-electron chi connectivity index (χ2n) is 3.93. The van der Waals surface area contributed by atoms with E-state index in [-0.39, 0.29) is 5.82 Å². The Morgan fingerprint density at radius 3 is 3.12 bits per heavy atom. The number of hydrogen-bond acceptors (Lipinski definition) is 4. The van der Waals surface area contributed by atoms with Crippen LogP contribution in [0.1, 0.15) is 32.0 Å². The second kappa shape index (κ2) is 5.30. The Balaban J connectivity index is 2.07. The Labute approximate surface area is 99.9 Å². The van der Waals surface area contributed by atoms with Crippen molar-refractivity contribution in [3.63, 3.8) is 0 Å². The topological polar surface area (TPSA) is 77.4 Å². The number of aromatic nitrogens is 3.